The fourth-order valence-corrected chi connectivity index (χ4v) is 2.73. The summed E-state index contributed by atoms with van der Waals surface area (Å²) in [6, 6.07) is 9.92. The monoisotopic (exact) mass is 303 g/mol. The van der Waals surface area contributed by atoms with Crippen LogP contribution in [0, 0.1) is 0 Å². The first-order valence-electron chi connectivity index (χ1n) is 7.04. The van der Waals surface area contributed by atoms with Crippen molar-refractivity contribution in [1.82, 2.24) is 10.2 Å². The van der Waals surface area contributed by atoms with Crippen molar-refractivity contribution in [1.29, 1.82) is 0 Å². The smallest absolute Gasteiger partial charge is 0.155 e. The average molecular weight is 304 g/mol. The molecule has 2 N–H and O–H groups in total. The van der Waals surface area contributed by atoms with E-state index in [0.29, 0.717) is 6.54 Å². The highest BCUT2D eigenvalue weighted by Gasteiger charge is 2.20. The van der Waals surface area contributed by atoms with Crippen LogP contribution in [0.2, 0.25) is 5.02 Å². The molecule has 0 unspecified atom stereocenters. The van der Waals surface area contributed by atoms with Gasteiger partial charge >= 0.3 is 0 Å². The first-order chi connectivity index (χ1) is 10.3. The second kappa shape index (κ2) is 6.28. The van der Waals surface area contributed by atoms with Crippen molar-refractivity contribution in [2.75, 3.05) is 36.0 Å². The van der Waals surface area contributed by atoms with Crippen molar-refractivity contribution in [2.24, 2.45) is 5.73 Å². The molecule has 1 aliphatic heterocycles. The molecule has 0 saturated carbocycles. The van der Waals surface area contributed by atoms with Gasteiger partial charge in [0.1, 0.15) is 0 Å². The van der Waals surface area contributed by atoms with Gasteiger partial charge in [-0.3, -0.25) is 0 Å². The van der Waals surface area contributed by atoms with Crippen molar-refractivity contribution >= 4 is 23.1 Å². The van der Waals surface area contributed by atoms with E-state index < -0.39 is 0 Å². The van der Waals surface area contributed by atoms with Crippen molar-refractivity contribution in [3.05, 3.63) is 47.1 Å². The largest absolute Gasteiger partial charge is 0.368 e. The molecule has 0 radical (unpaired) electrons. The Kier molecular flexibility index (Phi) is 4.22. The minimum absolute atomic E-state index is 0.488. The van der Waals surface area contributed by atoms with Crippen molar-refractivity contribution < 1.29 is 0 Å². The number of anilines is 2. The molecule has 1 aromatic heterocycles. The fourth-order valence-electron chi connectivity index (χ4n) is 2.60. The Morgan fingerprint density at radius 3 is 2.33 bits per heavy atom. The Hall–Kier alpha value is -1.85. The Morgan fingerprint density at radius 2 is 1.67 bits per heavy atom. The lowest BCUT2D eigenvalue weighted by molar-refractivity contribution is 0.640. The van der Waals surface area contributed by atoms with E-state index >= 15 is 0 Å². The first kappa shape index (κ1) is 14.1. The van der Waals surface area contributed by atoms with Crippen LogP contribution in [0.1, 0.15) is 5.56 Å². The molecule has 2 heterocycles. The Bertz CT molecular complexity index is 593. The van der Waals surface area contributed by atoms with E-state index in [9.17, 15) is 0 Å². The maximum Gasteiger partial charge on any atom is 0.155 e. The predicted molar refractivity (Wildman–Crippen MR) is 85.8 cm³/mol. The van der Waals surface area contributed by atoms with Gasteiger partial charge in [-0.2, -0.15) is 5.10 Å². The highest BCUT2D eigenvalue weighted by atomic mass is 35.5. The minimum Gasteiger partial charge on any atom is -0.368 e. The maximum atomic E-state index is 5.93. The van der Waals surface area contributed by atoms with Crippen LogP contribution in [0.15, 0.2) is 36.5 Å². The zero-order valence-corrected chi connectivity index (χ0v) is 12.5. The lowest BCUT2D eigenvalue weighted by atomic mass is 10.2. The molecule has 1 aliphatic rings. The quantitative estimate of drug-likeness (QED) is 0.939. The van der Waals surface area contributed by atoms with Gasteiger partial charge in [-0.25, -0.2) is 0 Å². The van der Waals surface area contributed by atoms with E-state index in [1.165, 1.54) is 5.69 Å². The number of nitrogens with zero attached hydrogens (tertiary/aromatic N) is 4. The molecule has 0 atom stereocenters. The van der Waals surface area contributed by atoms with Crippen LogP contribution in [0.4, 0.5) is 11.5 Å². The molecule has 1 aromatic carbocycles. The predicted octanol–water partition coefficient (Wildman–Crippen LogP) is 1.92. The SMILES string of the molecule is NCc1ccnnc1N1CCN(c2ccc(Cl)cc2)CC1. The topological polar surface area (TPSA) is 58.3 Å². The van der Waals surface area contributed by atoms with Crippen LogP contribution in [0.25, 0.3) is 0 Å². The molecule has 0 spiro atoms. The van der Waals surface area contributed by atoms with E-state index in [4.69, 9.17) is 17.3 Å². The zero-order chi connectivity index (χ0) is 14.7. The van der Waals surface area contributed by atoms with Gasteiger partial charge in [0, 0.05) is 49.0 Å². The molecular weight excluding hydrogens is 286 g/mol. The van der Waals surface area contributed by atoms with Gasteiger partial charge in [0.05, 0.1) is 6.20 Å². The maximum absolute atomic E-state index is 5.93. The third kappa shape index (κ3) is 3.09. The average Bonchev–Trinajstić information content (AvgIpc) is 2.56. The second-order valence-electron chi connectivity index (χ2n) is 5.03. The molecule has 3 rings (SSSR count). The summed E-state index contributed by atoms with van der Waals surface area (Å²) in [5, 5.41) is 8.99. The van der Waals surface area contributed by atoms with E-state index in [2.05, 4.69) is 32.1 Å². The Balaban J connectivity index is 1.69. The number of nitrogens with two attached hydrogens (primary N) is 1. The Labute approximate surface area is 129 Å². The summed E-state index contributed by atoms with van der Waals surface area (Å²) in [5.41, 5.74) is 8.02. The standard InChI is InChI=1S/C15H18ClN5/c16-13-1-3-14(4-2-13)20-7-9-21(10-8-20)15-12(11-17)5-6-18-19-15/h1-6H,7-11,17H2. The number of piperazine rings is 1. The van der Waals surface area contributed by atoms with Crippen molar-refractivity contribution in [3.8, 4) is 0 Å². The summed E-state index contributed by atoms with van der Waals surface area (Å²) in [4.78, 5) is 4.60. The van der Waals surface area contributed by atoms with Gasteiger partial charge < -0.3 is 15.5 Å². The number of rotatable bonds is 3. The highest BCUT2D eigenvalue weighted by molar-refractivity contribution is 6.30. The summed E-state index contributed by atoms with van der Waals surface area (Å²) < 4.78 is 0. The summed E-state index contributed by atoms with van der Waals surface area (Å²) >= 11 is 5.93. The van der Waals surface area contributed by atoms with E-state index in [0.717, 1.165) is 42.6 Å². The van der Waals surface area contributed by atoms with Crippen molar-refractivity contribution in [3.63, 3.8) is 0 Å². The molecule has 1 fully saturated rings. The fraction of sp³-hybridized carbons (Fsp3) is 0.333. The molecule has 5 nitrogen and oxygen atoms in total. The lowest BCUT2D eigenvalue weighted by Gasteiger charge is -2.37. The summed E-state index contributed by atoms with van der Waals surface area (Å²) in [6.45, 7) is 4.20. The minimum atomic E-state index is 0.488. The molecule has 21 heavy (non-hydrogen) atoms. The molecule has 0 amide bonds. The summed E-state index contributed by atoms with van der Waals surface area (Å²) in [5.74, 6) is 0.913. The van der Waals surface area contributed by atoms with E-state index in [1.807, 2.05) is 18.2 Å². The summed E-state index contributed by atoms with van der Waals surface area (Å²) in [7, 11) is 0. The highest BCUT2D eigenvalue weighted by Crippen LogP contribution is 2.22. The van der Waals surface area contributed by atoms with Crippen LogP contribution >= 0.6 is 11.6 Å². The second-order valence-corrected chi connectivity index (χ2v) is 5.47. The summed E-state index contributed by atoms with van der Waals surface area (Å²) in [6.07, 6.45) is 1.69. The van der Waals surface area contributed by atoms with Gasteiger partial charge in [-0.15, -0.1) is 5.10 Å². The molecule has 6 heteroatoms. The normalized spacial score (nSPS) is 15.3. The van der Waals surface area contributed by atoms with Crippen LogP contribution in [0.5, 0.6) is 0 Å². The van der Waals surface area contributed by atoms with Crippen molar-refractivity contribution in [2.45, 2.75) is 6.54 Å². The van der Waals surface area contributed by atoms with E-state index in [-0.39, 0.29) is 0 Å². The van der Waals surface area contributed by atoms with Gasteiger partial charge in [0.25, 0.3) is 0 Å². The number of aromatic nitrogens is 2. The molecule has 0 aliphatic carbocycles. The molecule has 110 valence electrons. The third-order valence-electron chi connectivity index (χ3n) is 3.77. The molecular formula is C15H18ClN5. The van der Waals surface area contributed by atoms with Crippen LogP contribution < -0.4 is 15.5 Å². The van der Waals surface area contributed by atoms with Gasteiger partial charge in [0.2, 0.25) is 0 Å². The number of halogens is 1. The molecule has 1 saturated heterocycles. The van der Waals surface area contributed by atoms with E-state index in [1.54, 1.807) is 6.20 Å². The lowest BCUT2D eigenvalue weighted by Crippen LogP contribution is -2.47. The van der Waals surface area contributed by atoms with Crippen LogP contribution in [-0.4, -0.2) is 36.4 Å². The van der Waals surface area contributed by atoms with Gasteiger partial charge in [-0.05, 0) is 30.3 Å². The third-order valence-corrected chi connectivity index (χ3v) is 4.02. The molecule has 0 bridgehead atoms. The zero-order valence-electron chi connectivity index (χ0n) is 11.7. The number of hydrogen-bond acceptors (Lipinski definition) is 5. The number of benzene rings is 1. The first-order valence-corrected chi connectivity index (χ1v) is 7.42. The molecule has 2 aromatic rings. The Morgan fingerprint density at radius 1 is 1.00 bits per heavy atom. The van der Waals surface area contributed by atoms with Crippen LogP contribution in [-0.2, 0) is 6.54 Å². The van der Waals surface area contributed by atoms with Crippen LogP contribution in [0.3, 0.4) is 0 Å². The van der Waals surface area contributed by atoms with Gasteiger partial charge in [-0.1, -0.05) is 11.6 Å². The number of hydrogen-bond donors (Lipinski definition) is 1. The van der Waals surface area contributed by atoms with Gasteiger partial charge in [0.15, 0.2) is 5.82 Å².